The van der Waals surface area contributed by atoms with Crippen molar-refractivity contribution in [3.8, 4) is 0 Å². The van der Waals surface area contributed by atoms with Crippen molar-refractivity contribution in [3.63, 3.8) is 0 Å². The third kappa shape index (κ3) is 5.14. The van der Waals surface area contributed by atoms with E-state index in [0.29, 0.717) is 32.6 Å². The minimum Gasteiger partial charge on any atom is -0.345 e. The van der Waals surface area contributed by atoms with Crippen molar-refractivity contribution in [2.45, 2.75) is 32.2 Å². The summed E-state index contributed by atoms with van der Waals surface area (Å²) < 4.78 is 0. The number of hydrogen-bond acceptors (Lipinski definition) is 4. The van der Waals surface area contributed by atoms with Crippen LogP contribution in [0.4, 0.5) is 0 Å². The second-order valence-electron chi connectivity index (χ2n) is 7.30. The molecule has 1 saturated heterocycles. The standard InChI is InChI=1S/C20H27N3O3/c1-15(24)18(13-16-5-3-2-4-6-16)21-19(25)14-22-9-11-23(12-10-22)20(26)17-7-8-17/h2-6,17-18H,7-14H2,1H3,(H,21,25)/t18-/m0/s1. The number of ketones is 1. The zero-order chi connectivity index (χ0) is 18.5. The van der Waals surface area contributed by atoms with E-state index in [0.717, 1.165) is 18.4 Å². The first-order chi connectivity index (χ1) is 12.5. The van der Waals surface area contributed by atoms with E-state index < -0.39 is 6.04 Å². The maximum Gasteiger partial charge on any atom is 0.234 e. The lowest BCUT2D eigenvalue weighted by atomic mass is 10.0. The topological polar surface area (TPSA) is 69.7 Å². The highest BCUT2D eigenvalue weighted by Gasteiger charge is 2.34. The first-order valence-electron chi connectivity index (χ1n) is 9.38. The summed E-state index contributed by atoms with van der Waals surface area (Å²) >= 11 is 0. The van der Waals surface area contributed by atoms with Gasteiger partial charge in [0.15, 0.2) is 5.78 Å². The van der Waals surface area contributed by atoms with E-state index in [1.54, 1.807) is 0 Å². The fraction of sp³-hybridized carbons (Fsp3) is 0.550. The van der Waals surface area contributed by atoms with E-state index in [1.165, 1.54) is 6.92 Å². The van der Waals surface area contributed by atoms with Crippen LogP contribution in [0.5, 0.6) is 0 Å². The molecular weight excluding hydrogens is 330 g/mol. The van der Waals surface area contributed by atoms with Gasteiger partial charge in [-0.1, -0.05) is 30.3 Å². The fourth-order valence-electron chi connectivity index (χ4n) is 3.30. The number of amides is 2. The summed E-state index contributed by atoms with van der Waals surface area (Å²) in [5.74, 6) is 0.345. The van der Waals surface area contributed by atoms with Gasteiger partial charge in [-0.05, 0) is 31.7 Å². The van der Waals surface area contributed by atoms with E-state index >= 15 is 0 Å². The van der Waals surface area contributed by atoms with Gasteiger partial charge in [0.05, 0.1) is 12.6 Å². The smallest absolute Gasteiger partial charge is 0.234 e. The molecule has 3 rings (SSSR count). The van der Waals surface area contributed by atoms with Gasteiger partial charge < -0.3 is 10.2 Å². The molecule has 1 aliphatic heterocycles. The van der Waals surface area contributed by atoms with Crippen LogP contribution in [0.3, 0.4) is 0 Å². The van der Waals surface area contributed by atoms with Crippen LogP contribution in [-0.2, 0) is 20.8 Å². The molecule has 0 radical (unpaired) electrons. The van der Waals surface area contributed by atoms with Crippen LogP contribution in [-0.4, -0.2) is 66.2 Å². The van der Waals surface area contributed by atoms with Crippen molar-refractivity contribution in [2.75, 3.05) is 32.7 Å². The lowest BCUT2D eigenvalue weighted by Crippen LogP contribution is -2.53. The van der Waals surface area contributed by atoms with E-state index in [2.05, 4.69) is 5.32 Å². The molecule has 1 aliphatic carbocycles. The number of nitrogens with one attached hydrogen (secondary N) is 1. The van der Waals surface area contributed by atoms with Gasteiger partial charge in [0.1, 0.15) is 0 Å². The third-order valence-electron chi connectivity index (χ3n) is 5.09. The molecule has 1 heterocycles. The number of rotatable bonds is 7. The number of hydrogen-bond donors (Lipinski definition) is 1. The minimum atomic E-state index is -0.498. The van der Waals surface area contributed by atoms with Gasteiger partial charge in [0.2, 0.25) is 11.8 Å². The van der Waals surface area contributed by atoms with Crippen LogP contribution in [0.15, 0.2) is 30.3 Å². The molecule has 1 saturated carbocycles. The Balaban J connectivity index is 1.45. The molecule has 2 aliphatic rings. The first-order valence-corrected chi connectivity index (χ1v) is 9.38. The van der Waals surface area contributed by atoms with E-state index in [-0.39, 0.29) is 30.1 Å². The summed E-state index contributed by atoms with van der Waals surface area (Å²) in [6, 6.07) is 9.20. The van der Waals surface area contributed by atoms with Crippen LogP contribution in [0.1, 0.15) is 25.3 Å². The average Bonchev–Trinajstić information content (AvgIpc) is 3.47. The Hall–Kier alpha value is -2.21. The summed E-state index contributed by atoms with van der Waals surface area (Å²) in [5.41, 5.74) is 1.03. The molecule has 0 unspecified atom stereocenters. The van der Waals surface area contributed by atoms with Gasteiger partial charge >= 0.3 is 0 Å². The van der Waals surface area contributed by atoms with Gasteiger partial charge in [-0.2, -0.15) is 0 Å². The zero-order valence-electron chi connectivity index (χ0n) is 15.3. The zero-order valence-corrected chi connectivity index (χ0v) is 15.3. The lowest BCUT2D eigenvalue weighted by Gasteiger charge is -2.34. The highest BCUT2D eigenvalue weighted by Crippen LogP contribution is 2.31. The molecule has 2 amide bonds. The van der Waals surface area contributed by atoms with Crippen molar-refractivity contribution in [1.82, 2.24) is 15.1 Å². The normalized spacial score (nSPS) is 19.0. The second kappa shape index (κ2) is 8.45. The van der Waals surface area contributed by atoms with Crippen molar-refractivity contribution >= 4 is 17.6 Å². The molecule has 0 bridgehead atoms. The lowest BCUT2D eigenvalue weighted by molar-refractivity contribution is -0.134. The molecule has 140 valence electrons. The van der Waals surface area contributed by atoms with Crippen LogP contribution in [0.25, 0.3) is 0 Å². The Bertz CT molecular complexity index is 650. The Morgan fingerprint density at radius 3 is 2.31 bits per heavy atom. The highest BCUT2D eigenvalue weighted by atomic mass is 16.2. The fourth-order valence-corrected chi connectivity index (χ4v) is 3.30. The van der Waals surface area contributed by atoms with Crippen LogP contribution < -0.4 is 5.32 Å². The molecule has 2 fully saturated rings. The molecule has 1 aromatic rings. The van der Waals surface area contributed by atoms with E-state index in [9.17, 15) is 14.4 Å². The predicted molar refractivity (Wildman–Crippen MR) is 98.5 cm³/mol. The number of benzene rings is 1. The Labute approximate surface area is 154 Å². The van der Waals surface area contributed by atoms with Crippen molar-refractivity contribution < 1.29 is 14.4 Å². The predicted octanol–water partition coefficient (Wildman–Crippen LogP) is 0.857. The summed E-state index contributed by atoms with van der Waals surface area (Å²) in [6.07, 6.45) is 2.55. The first kappa shape index (κ1) is 18.6. The Morgan fingerprint density at radius 1 is 1.08 bits per heavy atom. The average molecular weight is 357 g/mol. The summed E-state index contributed by atoms with van der Waals surface area (Å²) in [7, 11) is 0. The highest BCUT2D eigenvalue weighted by molar-refractivity contribution is 5.88. The maximum absolute atomic E-state index is 12.4. The SMILES string of the molecule is CC(=O)[C@H](Cc1ccccc1)NC(=O)CN1CCN(C(=O)C2CC2)CC1. The molecule has 1 atom stereocenters. The molecule has 0 spiro atoms. The van der Waals surface area contributed by atoms with E-state index in [4.69, 9.17) is 0 Å². The third-order valence-corrected chi connectivity index (χ3v) is 5.09. The molecule has 6 nitrogen and oxygen atoms in total. The van der Waals surface area contributed by atoms with Crippen LogP contribution in [0.2, 0.25) is 0 Å². The number of nitrogens with zero attached hydrogens (tertiary/aromatic N) is 2. The maximum atomic E-state index is 12.4. The second-order valence-corrected chi connectivity index (χ2v) is 7.30. The number of carbonyl (C=O) groups is 3. The Morgan fingerprint density at radius 2 is 1.73 bits per heavy atom. The monoisotopic (exact) mass is 357 g/mol. The van der Waals surface area contributed by atoms with Crippen molar-refractivity contribution in [2.24, 2.45) is 5.92 Å². The Kier molecular flexibility index (Phi) is 6.04. The van der Waals surface area contributed by atoms with Crippen LogP contribution in [0, 0.1) is 5.92 Å². The van der Waals surface area contributed by atoms with Gasteiger partial charge in [-0.25, -0.2) is 0 Å². The van der Waals surface area contributed by atoms with Crippen molar-refractivity contribution in [3.05, 3.63) is 35.9 Å². The molecule has 1 N–H and O–H groups in total. The van der Waals surface area contributed by atoms with Crippen molar-refractivity contribution in [1.29, 1.82) is 0 Å². The summed E-state index contributed by atoms with van der Waals surface area (Å²) in [4.78, 5) is 40.3. The molecule has 1 aromatic carbocycles. The number of Topliss-reactive ketones (excluding diaryl/α,β-unsaturated/α-hetero) is 1. The van der Waals surface area contributed by atoms with Crippen LogP contribution >= 0.6 is 0 Å². The quantitative estimate of drug-likeness (QED) is 0.786. The number of carbonyl (C=O) groups excluding carboxylic acids is 3. The van der Waals surface area contributed by atoms with Gasteiger partial charge in [-0.15, -0.1) is 0 Å². The van der Waals surface area contributed by atoms with Gasteiger partial charge in [-0.3, -0.25) is 19.3 Å². The molecule has 0 aromatic heterocycles. The van der Waals surface area contributed by atoms with Gasteiger partial charge in [0, 0.05) is 32.1 Å². The summed E-state index contributed by atoms with van der Waals surface area (Å²) in [6.45, 7) is 4.55. The molecular formula is C20H27N3O3. The molecule has 6 heteroatoms. The van der Waals surface area contributed by atoms with E-state index in [1.807, 2.05) is 40.1 Å². The number of piperazine rings is 1. The minimum absolute atomic E-state index is 0.0398. The largest absolute Gasteiger partial charge is 0.345 e. The summed E-state index contributed by atoms with van der Waals surface area (Å²) in [5, 5.41) is 2.86. The molecule has 26 heavy (non-hydrogen) atoms. The van der Waals surface area contributed by atoms with Gasteiger partial charge in [0.25, 0.3) is 0 Å².